The number of nitrogens with zero attached hydrogens (tertiary/aromatic N) is 3. The van der Waals surface area contributed by atoms with Gasteiger partial charge in [-0.05, 0) is 37.1 Å². The molecule has 0 bridgehead atoms. The van der Waals surface area contributed by atoms with Crippen molar-refractivity contribution in [2.45, 2.75) is 12.8 Å². The number of benzene rings is 1. The number of aromatic amines is 1. The van der Waals surface area contributed by atoms with E-state index >= 15 is 0 Å². The summed E-state index contributed by atoms with van der Waals surface area (Å²) >= 11 is 0. The number of aromatic nitrogens is 3. The predicted molar refractivity (Wildman–Crippen MR) is 79.7 cm³/mol. The topological polar surface area (TPSA) is 83.0 Å². The van der Waals surface area contributed by atoms with Gasteiger partial charge in [0.2, 0.25) is 5.82 Å². The Hall–Kier alpha value is -2.57. The fourth-order valence-electron chi connectivity index (χ4n) is 2.43. The van der Waals surface area contributed by atoms with Crippen LogP contribution in [0, 0.1) is 0 Å². The Morgan fingerprint density at radius 2 is 1.90 bits per heavy atom. The molecule has 7 nitrogen and oxygen atoms in total. The van der Waals surface area contributed by atoms with Crippen LogP contribution >= 0.6 is 0 Å². The highest BCUT2D eigenvalue weighted by molar-refractivity contribution is 6.01. The van der Waals surface area contributed by atoms with Gasteiger partial charge in [0.15, 0.2) is 0 Å². The van der Waals surface area contributed by atoms with Crippen molar-refractivity contribution in [1.82, 2.24) is 14.8 Å². The molecule has 1 amide bonds. The highest BCUT2D eigenvalue weighted by Crippen LogP contribution is 2.22. The van der Waals surface area contributed by atoms with Crippen molar-refractivity contribution in [2.24, 2.45) is 7.05 Å². The number of rotatable bonds is 3. The van der Waals surface area contributed by atoms with E-state index in [-0.39, 0.29) is 5.82 Å². The number of hydrogen-bond donors (Lipinski definition) is 2. The van der Waals surface area contributed by atoms with E-state index in [1.165, 1.54) is 19.9 Å². The quantitative estimate of drug-likeness (QED) is 0.881. The van der Waals surface area contributed by atoms with Crippen LogP contribution in [-0.4, -0.2) is 33.8 Å². The van der Waals surface area contributed by atoms with Crippen molar-refractivity contribution < 1.29 is 4.79 Å². The molecule has 0 saturated carbocycles. The summed E-state index contributed by atoms with van der Waals surface area (Å²) in [6.45, 7) is 2.17. The van der Waals surface area contributed by atoms with Crippen LogP contribution in [0.1, 0.15) is 23.5 Å². The van der Waals surface area contributed by atoms with Crippen molar-refractivity contribution in [2.75, 3.05) is 23.3 Å². The van der Waals surface area contributed by atoms with Crippen molar-refractivity contribution in [1.29, 1.82) is 0 Å². The number of amides is 1. The summed E-state index contributed by atoms with van der Waals surface area (Å²) in [5.41, 5.74) is 1.43. The third-order valence-corrected chi connectivity index (χ3v) is 3.58. The minimum Gasteiger partial charge on any atom is -0.372 e. The standard InChI is InChI=1S/C14H17N5O2/c1-18-14(21)16-12(17-18)13(20)15-10-4-6-11(7-5-10)19-8-2-3-9-19/h4-7H,2-3,8-9H2,1H3,(H,15,20)(H,16,17,21). The van der Waals surface area contributed by atoms with Gasteiger partial charge in [-0.1, -0.05) is 0 Å². The second-order valence-corrected chi connectivity index (χ2v) is 5.10. The van der Waals surface area contributed by atoms with Crippen LogP contribution in [-0.2, 0) is 7.05 Å². The van der Waals surface area contributed by atoms with Crippen LogP contribution in [0.2, 0.25) is 0 Å². The molecule has 21 heavy (non-hydrogen) atoms. The highest BCUT2D eigenvalue weighted by Gasteiger charge is 2.14. The Balaban J connectivity index is 1.69. The van der Waals surface area contributed by atoms with Gasteiger partial charge in [0.05, 0.1) is 0 Å². The Morgan fingerprint density at radius 1 is 1.24 bits per heavy atom. The number of aryl methyl sites for hydroxylation is 1. The van der Waals surface area contributed by atoms with Crippen LogP contribution in [0.3, 0.4) is 0 Å². The van der Waals surface area contributed by atoms with Gasteiger partial charge in [-0.25, -0.2) is 9.48 Å². The van der Waals surface area contributed by atoms with Crippen molar-refractivity contribution in [3.8, 4) is 0 Å². The number of carbonyl (C=O) groups excluding carboxylic acids is 1. The smallest absolute Gasteiger partial charge is 0.343 e. The van der Waals surface area contributed by atoms with Crippen LogP contribution in [0.4, 0.5) is 11.4 Å². The van der Waals surface area contributed by atoms with Gasteiger partial charge in [-0.2, -0.15) is 0 Å². The molecule has 7 heteroatoms. The monoisotopic (exact) mass is 287 g/mol. The highest BCUT2D eigenvalue weighted by atomic mass is 16.2. The molecular weight excluding hydrogens is 270 g/mol. The molecule has 1 aliphatic heterocycles. The summed E-state index contributed by atoms with van der Waals surface area (Å²) in [6, 6.07) is 7.68. The summed E-state index contributed by atoms with van der Waals surface area (Å²) in [5, 5.41) is 6.53. The summed E-state index contributed by atoms with van der Waals surface area (Å²) in [7, 11) is 1.49. The maximum Gasteiger partial charge on any atom is 0.343 e. The second-order valence-electron chi connectivity index (χ2n) is 5.10. The fourth-order valence-corrected chi connectivity index (χ4v) is 2.43. The Morgan fingerprint density at radius 3 is 2.48 bits per heavy atom. The number of anilines is 2. The van der Waals surface area contributed by atoms with Gasteiger partial charge in [0.1, 0.15) is 0 Å². The molecule has 1 fully saturated rings. The van der Waals surface area contributed by atoms with E-state index in [2.05, 4.69) is 20.3 Å². The number of hydrogen-bond acceptors (Lipinski definition) is 4. The zero-order valence-electron chi connectivity index (χ0n) is 11.8. The van der Waals surface area contributed by atoms with Gasteiger partial charge >= 0.3 is 5.69 Å². The molecule has 3 rings (SSSR count). The lowest BCUT2D eigenvalue weighted by Gasteiger charge is -2.17. The molecule has 0 aliphatic carbocycles. The summed E-state index contributed by atoms with van der Waals surface area (Å²) in [4.78, 5) is 27.9. The minimum atomic E-state index is -0.429. The lowest BCUT2D eigenvalue weighted by molar-refractivity contribution is 0.101. The fraction of sp³-hybridized carbons (Fsp3) is 0.357. The van der Waals surface area contributed by atoms with Crippen molar-refractivity contribution >= 4 is 17.3 Å². The average molecular weight is 287 g/mol. The molecule has 2 aromatic rings. The molecule has 1 aromatic heterocycles. The molecule has 0 spiro atoms. The molecule has 1 aromatic carbocycles. The lowest BCUT2D eigenvalue weighted by Crippen LogP contribution is -2.18. The van der Waals surface area contributed by atoms with Crippen LogP contribution in [0.5, 0.6) is 0 Å². The first-order chi connectivity index (χ1) is 10.1. The van der Waals surface area contributed by atoms with Crippen LogP contribution in [0.25, 0.3) is 0 Å². The lowest BCUT2D eigenvalue weighted by atomic mass is 10.2. The maximum atomic E-state index is 12.0. The summed E-state index contributed by atoms with van der Waals surface area (Å²) < 4.78 is 1.09. The second kappa shape index (κ2) is 5.43. The van der Waals surface area contributed by atoms with Crippen LogP contribution in [0.15, 0.2) is 29.1 Å². The molecule has 2 heterocycles. The van der Waals surface area contributed by atoms with Crippen molar-refractivity contribution in [3.05, 3.63) is 40.6 Å². The minimum absolute atomic E-state index is 0.00567. The molecule has 1 aliphatic rings. The SMILES string of the molecule is Cn1nc(C(=O)Nc2ccc(N3CCCC3)cc2)[nH]c1=O. The first kappa shape index (κ1) is 13.4. The predicted octanol–water partition coefficient (Wildman–Crippen LogP) is 0.961. The van der Waals surface area contributed by atoms with E-state index in [0.717, 1.165) is 23.5 Å². The number of carbonyl (C=O) groups is 1. The Labute approximate surface area is 121 Å². The third kappa shape index (κ3) is 2.81. The Bertz CT molecular complexity index is 695. The van der Waals surface area contributed by atoms with Crippen molar-refractivity contribution in [3.63, 3.8) is 0 Å². The van der Waals surface area contributed by atoms with E-state index < -0.39 is 11.6 Å². The van der Waals surface area contributed by atoms with E-state index in [0.29, 0.717) is 5.69 Å². The van der Waals surface area contributed by atoms with Gasteiger partial charge < -0.3 is 10.2 Å². The Kier molecular flexibility index (Phi) is 3.47. The van der Waals surface area contributed by atoms with Gasteiger partial charge in [-0.3, -0.25) is 9.78 Å². The largest absolute Gasteiger partial charge is 0.372 e. The zero-order chi connectivity index (χ0) is 14.8. The molecule has 0 atom stereocenters. The van der Waals surface area contributed by atoms with E-state index in [4.69, 9.17) is 0 Å². The molecule has 0 unspecified atom stereocenters. The normalized spacial score (nSPS) is 14.4. The molecule has 110 valence electrons. The molecule has 0 radical (unpaired) electrons. The van der Waals surface area contributed by atoms with E-state index in [9.17, 15) is 9.59 Å². The zero-order valence-corrected chi connectivity index (χ0v) is 11.8. The van der Waals surface area contributed by atoms with E-state index in [1.54, 1.807) is 0 Å². The maximum absolute atomic E-state index is 12.0. The van der Waals surface area contributed by atoms with Crippen LogP contribution < -0.4 is 15.9 Å². The molecule has 2 N–H and O–H groups in total. The summed E-state index contributed by atoms with van der Waals surface area (Å²) in [6.07, 6.45) is 2.46. The molecule has 1 saturated heterocycles. The third-order valence-electron chi connectivity index (χ3n) is 3.58. The molecular formula is C14H17N5O2. The number of H-pyrrole nitrogens is 1. The van der Waals surface area contributed by atoms with E-state index in [1.807, 2.05) is 24.3 Å². The van der Waals surface area contributed by atoms with Gasteiger partial charge in [0.25, 0.3) is 5.91 Å². The van der Waals surface area contributed by atoms with Gasteiger partial charge in [0, 0.05) is 31.5 Å². The first-order valence-electron chi connectivity index (χ1n) is 6.93. The average Bonchev–Trinajstić information content (AvgIpc) is 3.11. The first-order valence-corrected chi connectivity index (χ1v) is 6.93. The number of nitrogens with one attached hydrogen (secondary N) is 2. The summed E-state index contributed by atoms with van der Waals surface area (Å²) in [5.74, 6) is -0.423. The van der Waals surface area contributed by atoms with Gasteiger partial charge in [-0.15, -0.1) is 5.10 Å².